The second kappa shape index (κ2) is 9.44. The van der Waals surface area contributed by atoms with Crippen LogP contribution in [0.25, 0.3) is 5.57 Å². The van der Waals surface area contributed by atoms with E-state index in [-0.39, 0.29) is 0 Å². The summed E-state index contributed by atoms with van der Waals surface area (Å²) in [5.41, 5.74) is 5.40. The van der Waals surface area contributed by atoms with Crippen LogP contribution in [0.1, 0.15) is 61.6 Å². The fourth-order valence-corrected chi connectivity index (χ4v) is 5.21. The third-order valence-electron chi connectivity index (χ3n) is 5.41. The van der Waals surface area contributed by atoms with Crippen molar-refractivity contribution in [3.63, 3.8) is 0 Å². The molecule has 2 aliphatic rings. The number of hydrogen-bond acceptors (Lipinski definition) is 3. The summed E-state index contributed by atoms with van der Waals surface area (Å²) >= 11 is 7.30. The van der Waals surface area contributed by atoms with Crippen molar-refractivity contribution in [3.8, 4) is 5.75 Å². The van der Waals surface area contributed by atoms with Crippen LogP contribution in [-0.2, 0) is 17.6 Å². The maximum Gasteiger partial charge on any atom is 0.187 e. The number of allylic oxidation sites excluding steroid dienone is 4. The number of halogens is 2. The smallest absolute Gasteiger partial charge is 0.187 e. The second-order valence-electron chi connectivity index (χ2n) is 7.16. The molecule has 3 rings (SSSR count). The Morgan fingerprint density at radius 3 is 2.52 bits per heavy atom. The zero-order valence-electron chi connectivity index (χ0n) is 15.7. The molecular weight excluding hydrogens is 472 g/mol. The fraction of sp³-hybridized carbons (Fsp3) is 0.455. The minimum atomic E-state index is 0.443. The van der Waals surface area contributed by atoms with Gasteiger partial charge < -0.3 is 9.62 Å². The van der Waals surface area contributed by atoms with E-state index in [2.05, 4.69) is 50.6 Å². The van der Waals surface area contributed by atoms with Crippen molar-refractivity contribution in [3.05, 3.63) is 55.7 Å². The van der Waals surface area contributed by atoms with Crippen molar-refractivity contribution in [1.82, 2.24) is 0 Å². The molecule has 0 amide bonds. The van der Waals surface area contributed by atoms with Crippen molar-refractivity contribution in [2.24, 2.45) is 0 Å². The molecule has 0 saturated heterocycles. The van der Waals surface area contributed by atoms with Gasteiger partial charge in [0.15, 0.2) is 5.75 Å². The highest BCUT2D eigenvalue weighted by Crippen LogP contribution is 2.46. The van der Waals surface area contributed by atoms with Gasteiger partial charge in [-0.25, -0.2) is 5.26 Å². The monoisotopic (exact) mass is 496 g/mol. The average Bonchev–Trinajstić information content (AvgIpc) is 2.67. The number of hydrogen-bond donors (Lipinski definition) is 1. The molecule has 0 aliphatic heterocycles. The minimum Gasteiger partial charge on any atom is -0.495 e. The summed E-state index contributed by atoms with van der Waals surface area (Å²) in [6, 6.07) is 2.07. The summed E-state index contributed by atoms with van der Waals surface area (Å²) in [7, 11) is 1.69. The lowest BCUT2D eigenvalue weighted by atomic mass is 9.82. The molecule has 27 heavy (non-hydrogen) atoms. The quantitative estimate of drug-likeness (QED) is 0.350. The van der Waals surface area contributed by atoms with Crippen LogP contribution in [0.4, 0.5) is 0 Å². The Morgan fingerprint density at radius 2 is 1.78 bits per heavy atom. The van der Waals surface area contributed by atoms with Gasteiger partial charge in [-0.2, -0.15) is 0 Å². The van der Waals surface area contributed by atoms with E-state index < -0.39 is 0 Å². The van der Waals surface area contributed by atoms with Gasteiger partial charge in [0, 0.05) is 11.1 Å². The Bertz CT molecular complexity index is 793. The number of rotatable bonds is 3. The molecule has 0 spiro atoms. The Labute approximate surface area is 178 Å². The molecule has 0 fully saturated rings. The first-order valence-corrected chi connectivity index (χ1v) is 11.2. The highest BCUT2D eigenvalue weighted by atomic mass is 79.9. The van der Waals surface area contributed by atoms with Gasteiger partial charge >= 0.3 is 0 Å². The number of fused-ring (bicyclic) bond motifs is 1. The van der Waals surface area contributed by atoms with E-state index in [1.54, 1.807) is 7.11 Å². The number of benzene rings is 1. The van der Waals surface area contributed by atoms with Crippen LogP contribution in [-0.4, -0.2) is 12.4 Å². The lowest BCUT2D eigenvalue weighted by Gasteiger charge is -2.26. The summed E-state index contributed by atoms with van der Waals surface area (Å²) in [4.78, 5) is 4.89. The van der Waals surface area contributed by atoms with Crippen molar-refractivity contribution >= 4 is 37.4 Å². The van der Waals surface area contributed by atoms with E-state index in [0.717, 1.165) is 76.4 Å². The lowest BCUT2D eigenvalue weighted by molar-refractivity contribution is -0.138. The number of aryl methyl sites for hydroxylation is 1. The van der Waals surface area contributed by atoms with Gasteiger partial charge in [-0.05, 0) is 106 Å². The zero-order chi connectivity index (χ0) is 19.4. The first kappa shape index (κ1) is 20.7. The van der Waals surface area contributed by atoms with Crippen molar-refractivity contribution in [2.45, 2.75) is 57.8 Å². The van der Waals surface area contributed by atoms with Gasteiger partial charge in [0.1, 0.15) is 5.76 Å². The van der Waals surface area contributed by atoms with Crippen LogP contribution in [0.15, 0.2) is 39.0 Å². The Kier molecular flexibility index (Phi) is 7.23. The molecule has 1 aromatic rings. The van der Waals surface area contributed by atoms with Gasteiger partial charge in [0.25, 0.3) is 0 Å². The fourth-order valence-electron chi connectivity index (χ4n) is 4.08. The first-order chi connectivity index (χ1) is 13.1. The normalized spacial score (nSPS) is 20.6. The van der Waals surface area contributed by atoms with Crippen molar-refractivity contribution < 1.29 is 14.9 Å². The largest absolute Gasteiger partial charge is 0.495 e. The number of methoxy groups -OCH3 is 1. The Balaban J connectivity index is 2.33. The standard InChI is InChI=1S/C22H26Br2O3/c1-14-9-5-3-4-6-12-17(23)21(26-2)19(14)20-16-11-8-7-10-15(16)13-18(24)22(20)27-25/h12-13,25H,1,3-11H2,2H3/b17-12+,21-19?. The van der Waals surface area contributed by atoms with Gasteiger partial charge in [-0.1, -0.05) is 19.1 Å². The molecule has 0 heterocycles. The predicted molar refractivity (Wildman–Crippen MR) is 117 cm³/mol. The molecule has 0 atom stereocenters. The maximum atomic E-state index is 9.72. The summed E-state index contributed by atoms with van der Waals surface area (Å²) in [5, 5.41) is 9.72. The zero-order valence-corrected chi connectivity index (χ0v) is 18.9. The van der Waals surface area contributed by atoms with Crippen molar-refractivity contribution in [2.75, 3.05) is 7.11 Å². The Hall–Kier alpha value is -1.04. The van der Waals surface area contributed by atoms with E-state index in [0.29, 0.717) is 5.75 Å². The molecule has 3 nitrogen and oxygen atoms in total. The van der Waals surface area contributed by atoms with Crippen LogP contribution < -0.4 is 4.89 Å². The minimum absolute atomic E-state index is 0.443. The molecule has 0 radical (unpaired) electrons. The van der Waals surface area contributed by atoms with Gasteiger partial charge in [0.05, 0.1) is 16.1 Å². The van der Waals surface area contributed by atoms with E-state index in [9.17, 15) is 5.26 Å². The predicted octanol–water partition coefficient (Wildman–Crippen LogP) is 7.34. The first-order valence-electron chi connectivity index (χ1n) is 9.57. The Morgan fingerprint density at radius 1 is 1.04 bits per heavy atom. The summed E-state index contributed by atoms with van der Waals surface area (Å²) in [5.74, 6) is 1.20. The van der Waals surface area contributed by atoms with E-state index in [4.69, 9.17) is 9.62 Å². The molecule has 0 unspecified atom stereocenters. The highest BCUT2D eigenvalue weighted by molar-refractivity contribution is 9.12. The SMILES string of the molecule is C=C1CCCCC/C=C(/Br)C(OC)=C1c1c2c(cc(Br)c1OO)CCCC2. The topological polar surface area (TPSA) is 38.7 Å². The molecule has 0 saturated carbocycles. The van der Waals surface area contributed by atoms with Gasteiger partial charge in [0.2, 0.25) is 0 Å². The molecule has 146 valence electrons. The summed E-state index contributed by atoms with van der Waals surface area (Å²) in [6.45, 7) is 4.39. The molecular formula is C22H26Br2O3. The maximum absolute atomic E-state index is 9.72. The number of ether oxygens (including phenoxy) is 1. The molecule has 2 aliphatic carbocycles. The molecule has 1 N–H and O–H groups in total. The van der Waals surface area contributed by atoms with Crippen LogP contribution in [0, 0.1) is 0 Å². The van der Waals surface area contributed by atoms with E-state index in [1.807, 2.05) is 0 Å². The lowest BCUT2D eigenvalue weighted by Crippen LogP contribution is -2.11. The van der Waals surface area contributed by atoms with Gasteiger partial charge in [-0.15, -0.1) is 0 Å². The third-order valence-corrected chi connectivity index (χ3v) is 6.68. The van der Waals surface area contributed by atoms with Crippen LogP contribution >= 0.6 is 31.9 Å². The molecule has 0 aromatic heterocycles. The van der Waals surface area contributed by atoms with E-state index in [1.165, 1.54) is 24.0 Å². The van der Waals surface area contributed by atoms with Crippen molar-refractivity contribution in [1.29, 1.82) is 0 Å². The van der Waals surface area contributed by atoms with Crippen LogP contribution in [0.3, 0.4) is 0 Å². The van der Waals surface area contributed by atoms with Gasteiger partial charge in [-0.3, -0.25) is 0 Å². The van der Waals surface area contributed by atoms with Crippen LogP contribution in [0.2, 0.25) is 0 Å². The third kappa shape index (κ3) is 4.36. The molecule has 0 bridgehead atoms. The van der Waals surface area contributed by atoms with Crippen LogP contribution in [0.5, 0.6) is 5.75 Å². The highest BCUT2D eigenvalue weighted by Gasteiger charge is 2.28. The molecule has 1 aromatic carbocycles. The second-order valence-corrected chi connectivity index (χ2v) is 8.87. The van der Waals surface area contributed by atoms with E-state index >= 15 is 0 Å². The molecule has 5 heteroatoms. The average molecular weight is 498 g/mol. The summed E-state index contributed by atoms with van der Waals surface area (Å²) < 4.78 is 7.54. The summed E-state index contributed by atoms with van der Waals surface area (Å²) in [6.07, 6.45) is 11.8.